The van der Waals surface area contributed by atoms with Crippen molar-refractivity contribution in [2.75, 3.05) is 19.7 Å². The number of hydrogen-bond acceptors (Lipinski definition) is 4. The molecular formula is C14H24N2O3. The summed E-state index contributed by atoms with van der Waals surface area (Å²) in [5, 5.41) is 12.5. The normalized spacial score (nSPS) is 33.1. The molecule has 108 valence electrons. The molecule has 1 aliphatic heterocycles. The first-order chi connectivity index (χ1) is 9.24. The van der Waals surface area contributed by atoms with Crippen LogP contribution in [0.2, 0.25) is 0 Å². The molecule has 2 aliphatic carbocycles. The lowest BCUT2D eigenvalue weighted by atomic mass is 10.1. The topological polar surface area (TPSA) is 61.8 Å². The number of morpholine rings is 1. The second-order valence-electron chi connectivity index (χ2n) is 6.06. The number of carboxylic acids is 1. The zero-order valence-corrected chi connectivity index (χ0v) is 11.4. The smallest absolute Gasteiger partial charge is 0.320 e. The van der Waals surface area contributed by atoms with E-state index >= 15 is 0 Å². The van der Waals surface area contributed by atoms with E-state index in [1.807, 2.05) is 0 Å². The molecule has 3 aliphatic rings. The van der Waals surface area contributed by atoms with Gasteiger partial charge in [-0.3, -0.25) is 9.69 Å². The summed E-state index contributed by atoms with van der Waals surface area (Å²) in [5.74, 6) is -0.705. The molecule has 0 aromatic carbocycles. The Morgan fingerprint density at radius 1 is 1.37 bits per heavy atom. The largest absolute Gasteiger partial charge is 0.480 e. The maximum absolute atomic E-state index is 11.3. The highest BCUT2D eigenvalue weighted by molar-refractivity contribution is 5.73. The summed E-state index contributed by atoms with van der Waals surface area (Å²) >= 11 is 0. The molecule has 0 radical (unpaired) electrons. The maximum Gasteiger partial charge on any atom is 0.320 e. The van der Waals surface area contributed by atoms with E-state index in [-0.39, 0.29) is 6.04 Å². The van der Waals surface area contributed by atoms with Crippen LogP contribution in [0.4, 0.5) is 0 Å². The van der Waals surface area contributed by atoms with Crippen LogP contribution in [0, 0.1) is 0 Å². The van der Waals surface area contributed by atoms with Gasteiger partial charge in [0.1, 0.15) is 6.04 Å². The molecule has 3 rings (SSSR count). The quantitative estimate of drug-likeness (QED) is 0.747. The fourth-order valence-electron chi connectivity index (χ4n) is 3.39. The molecule has 3 atom stereocenters. The van der Waals surface area contributed by atoms with Gasteiger partial charge in [-0.1, -0.05) is 0 Å². The van der Waals surface area contributed by atoms with Crippen molar-refractivity contribution in [2.45, 2.75) is 62.8 Å². The minimum absolute atomic E-state index is 0.379. The van der Waals surface area contributed by atoms with Gasteiger partial charge < -0.3 is 15.2 Å². The third-order valence-electron chi connectivity index (χ3n) is 4.61. The summed E-state index contributed by atoms with van der Waals surface area (Å²) < 4.78 is 5.79. The van der Waals surface area contributed by atoms with E-state index in [4.69, 9.17) is 4.74 Å². The van der Waals surface area contributed by atoms with Gasteiger partial charge in [-0.15, -0.1) is 0 Å². The van der Waals surface area contributed by atoms with Gasteiger partial charge >= 0.3 is 5.97 Å². The van der Waals surface area contributed by atoms with Crippen molar-refractivity contribution >= 4 is 5.97 Å². The van der Waals surface area contributed by atoms with Crippen molar-refractivity contribution < 1.29 is 14.6 Å². The maximum atomic E-state index is 11.3. The van der Waals surface area contributed by atoms with Gasteiger partial charge in [-0.05, 0) is 38.5 Å². The predicted octanol–water partition coefficient (Wildman–Crippen LogP) is 0.835. The van der Waals surface area contributed by atoms with Crippen molar-refractivity contribution in [1.29, 1.82) is 0 Å². The SMILES string of the molecule is O=C(O)C(CCN1CCOC2CCCC21)NC1CC1. The zero-order chi connectivity index (χ0) is 13.2. The van der Waals surface area contributed by atoms with Crippen LogP contribution in [0.1, 0.15) is 38.5 Å². The number of nitrogens with one attached hydrogen (secondary N) is 1. The molecule has 3 unspecified atom stereocenters. The highest BCUT2D eigenvalue weighted by Crippen LogP contribution is 2.29. The van der Waals surface area contributed by atoms with Crippen LogP contribution in [0.15, 0.2) is 0 Å². The van der Waals surface area contributed by atoms with E-state index in [0.29, 0.717) is 24.6 Å². The number of ether oxygens (including phenoxy) is 1. The van der Waals surface area contributed by atoms with Crippen LogP contribution >= 0.6 is 0 Å². The van der Waals surface area contributed by atoms with Crippen molar-refractivity contribution in [1.82, 2.24) is 10.2 Å². The Bertz CT molecular complexity index is 333. The average molecular weight is 268 g/mol. The Hall–Kier alpha value is -0.650. The summed E-state index contributed by atoms with van der Waals surface area (Å²) in [6.07, 6.45) is 6.98. The van der Waals surface area contributed by atoms with E-state index in [2.05, 4.69) is 10.2 Å². The summed E-state index contributed by atoms with van der Waals surface area (Å²) in [6.45, 7) is 2.63. The lowest BCUT2D eigenvalue weighted by Crippen LogP contribution is -2.50. The molecular weight excluding hydrogens is 244 g/mol. The minimum Gasteiger partial charge on any atom is -0.480 e. The monoisotopic (exact) mass is 268 g/mol. The van der Waals surface area contributed by atoms with Crippen molar-refractivity contribution in [2.24, 2.45) is 0 Å². The van der Waals surface area contributed by atoms with Gasteiger partial charge in [-0.25, -0.2) is 0 Å². The van der Waals surface area contributed by atoms with Gasteiger partial charge in [0.05, 0.1) is 12.7 Å². The molecule has 0 amide bonds. The number of carboxylic acid groups (broad SMARTS) is 1. The van der Waals surface area contributed by atoms with Gasteiger partial charge in [0, 0.05) is 25.2 Å². The number of hydrogen-bond donors (Lipinski definition) is 2. The first kappa shape index (κ1) is 13.3. The Morgan fingerprint density at radius 2 is 2.21 bits per heavy atom. The number of rotatable bonds is 6. The number of nitrogens with zero attached hydrogens (tertiary/aromatic N) is 1. The third kappa shape index (κ3) is 3.27. The van der Waals surface area contributed by atoms with Crippen molar-refractivity contribution in [3.63, 3.8) is 0 Å². The molecule has 1 saturated heterocycles. The Labute approximate surface area is 114 Å². The first-order valence-corrected chi connectivity index (χ1v) is 7.58. The van der Waals surface area contributed by atoms with Crippen LogP contribution in [-0.2, 0) is 9.53 Å². The van der Waals surface area contributed by atoms with E-state index in [9.17, 15) is 9.90 Å². The molecule has 0 spiro atoms. The predicted molar refractivity (Wildman–Crippen MR) is 71.2 cm³/mol. The second kappa shape index (κ2) is 5.77. The highest BCUT2D eigenvalue weighted by atomic mass is 16.5. The molecule has 2 N–H and O–H groups in total. The van der Waals surface area contributed by atoms with Crippen LogP contribution in [0.25, 0.3) is 0 Å². The number of carbonyl (C=O) groups is 1. The zero-order valence-electron chi connectivity index (χ0n) is 11.4. The molecule has 2 saturated carbocycles. The van der Waals surface area contributed by atoms with E-state index in [1.54, 1.807) is 0 Å². The minimum atomic E-state index is -0.705. The van der Waals surface area contributed by atoms with E-state index in [0.717, 1.165) is 32.5 Å². The Morgan fingerprint density at radius 3 is 2.95 bits per heavy atom. The van der Waals surface area contributed by atoms with Crippen molar-refractivity contribution in [3.05, 3.63) is 0 Å². The van der Waals surface area contributed by atoms with E-state index < -0.39 is 5.97 Å². The van der Waals surface area contributed by atoms with Gasteiger partial charge in [0.2, 0.25) is 0 Å². The van der Waals surface area contributed by atoms with Crippen molar-refractivity contribution in [3.8, 4) is 0 Å². The molecule has 5 nitrogen and oxygen atoms in total. The fraction of sp³-hybridized carbons (Fsp3) is 0.929. The van der Waals surface area contributed by atoms with Gasteiger partial charge in [-0.2, -0.15) is 0 Å². The molecule has 0 aromatic heterocycles. The lowest BCUT2D eigenvalue weighted by molar-refractivity contribution is -0.140. The summed E-state index contributed by atoms with van der Waals surface area (Å²) in [5.41, 5.74) is 0. The second-order valence-corrected chi connectivity index (χ2v) is 6.06. The molecule has 0 aromatic rings. The molecule has 0 bridgehead atoms. The number of aliphatic carboxylic acids is 1. The van der Waals surface area contributed by atoms with Gasteiger partial charge in [0.15, 0.2) is 0 Å². The standard InChI is InChI=1S/C14H24N2O3/c17-14(18)11(15-10-4-5-10)6-7-16-8-9-19-13-3-1-2-12(13)16/h10-13,15H,1-9H2,(H,17,18). The third-order valence-corrected chi connectivity index (χ3v) is 4.61. The molecule has 19 heavy (non-hydrogen) atoms. The Kier molecular flexibility index (Phi) is 4.05. The van der Waals surface area contributed by atoms with Crippen LogP contribution in [0.5, 0.6) is 0 Å². The molecule has 5 heteroatoms. The van der Waals surface area contributed by atoms with Crippen LogP contribution in [-0.4, -0.2) is 59.9 Å². The average Bonchev–Trinajstić information content (AvgIpc) is 3.08. The summed E-state index contributed by atoms with van der Waals surface area (Å²) in [7, 11) is 0. The summed E-state index contributed by atoms with van der Waals surface area (Å²) in [4.78, 5) is 13.7. The van der Waals surface area contributed by atoms with Gasteiger partial charge in [0.25, 0.3) is 0 Å². The first-order valence-electron chi connectivity index (χ1n) is 7.58. The summed E-state index contributed by atoms with van der Waals surface area (Å²) in [6, 6.07) is 0.601. The van der Waals surface area contributed by atoms with Crippen LogP contribution in [0.3, 0.4) is 0 Å². The number of fused-ring (bicyclic) bond motifs is 1. The van der Waals surface area contributed by atoms with Crippen LogP contribution < -0.4 is 5.32 Å². The Balaban J connectivity index is 1.50. The lowest BCUT2D eigenvalue weighted by Gasteiger charge is -2.38. The fourth-order valence-corrected chi connectivity index (χ4v) is 3.39. The van der Waals surface area contributed by atoms with E-state index in [1.165, 1.54) is 19.3 Å². The molecule has 3 fully saturated rings. The highest BCUT2D eigenvalue weighted by Gasteiger charge is 2.36. The molecule has 1 heterocycles.